The molecule has 1 saturated heterocycles. The minimum atomic E-state index is -1.17. The first-order chi connectivity index (χ1) is 8.49. The van der Waals surface area contributed by atoms with Gasteiger partial charge in [0.15, 0.2) is 6.29 Å². The smallest absolute Gasteiger partial charge is 0.243 e. The first-order valence-corrected chi connectivity index (χ1v) is 5.37. The van der Waals surface area contributed by atoms with E-state index in [2.05, 4.69) is 0 Å². The van der Waals surface area contributed by atoms with Crippen molar-refractivity contribution >= 4 is 0 Å². The van der Waals surface area contributed by atoms with Crippen LogP contribution in [0.2, 0.25) is 0 Å². The van der Waals surface area contributed by atoms with Crippen LogP contribution in [0.15, 0.2) is 18.2 Å². The quantitative estimate of drug-likeness (QED) is 0.644. The maximum Gasteiger partial charge on any atom is 0.243 e. The zero-order valence-corrected chi connectivity index (χ0v) is 9.25. The Balaban J connectivity index is 2.35. The van der Waals surface area contributed by atoms with E-state index in [1.54, 1.807) is 0 Å². The molecule has 98 valence electrons. The summed E-state index contributed by atoms with van der Waals surface area (Å²) in [5.41, 5.74) is 0.0282. The molecule has 0 bridgehead atoms. The van der Waals surface area contributed by atoms with Crippen LogP contribution in [-0.4, -0.2) is 29.0 Å². The fraction of sp³-hybridized carbons (Fsp3) is 0.455. The Morgan fingerprint density at radius 1 is 1.44 bits per heavy atom. The van der Waals surface area contributed by atoms with Gasteiger partial charge in [0.25, 0.3) is 0 Å². The van der Waals surface area contributed by atoms with E-state index in [1.807, 2.05) is 0 Å². The van der Waals surface area contributed by atoms with Gasteiger partial charge in [-0.25, -0.2) is 8.78 Å². The lowest BCUT2D eigenvalue weighted by Gasteiger charge is -2.29. The minimum Gasteiger partial charge on any atom is -0.368 e. The predicted octanol–water partition coefficient (Wildman–Crippen LogP) is 1.43. The van der Waals surface area contributed by atoms with E-state index in [9.17, 15) is 24.0 Å². The largest absolute Gasteiger partial charge is 0.368 e. The lowest BCUT2D eigenvalue weighted by atomic mass is 9.87. The average molecular weight is 259 g/mol. The summed E-state index contributed by atoms with van der Waals surface area (Å²) < 4.78 is 31.2. The van der Waals surface area contributed by atoms with E-state index in [4.69, 9.17) is 4.74 Å². The molecule has 18 heavy (non-hydrogen) atoms. The molecule has 0 saturated carbocycles. The van der Waals surface area contributed by atoms with Crippen LogP contribution in [0.25, 0.3) is 0 Å². The van der Waals surface area contributed by atoms with E-state index in [-0.39, 0.29) is 18.6 Å². The monoisotopic (exact) mass is 259 g/mol. The Kier molecular flexibility index (Phi) is 3.53. The topological polar surface area (TPSA) is 72.6 Å². The maximum absolute atomic E-state index is 13.6. The van der Waals surface area contributed by atoms with Crippen LogP contribution in [0.4, 0.5) is 8.78 Å². The number of ether oxygens (including phenoxy) is 1. The molecule has 0 amide bonds. The van der Waals surface area contributed by atoms with Crippen molar-refractivity contribution in [3.63, 3.8) is 0 Å². The lowest BCUT2D eigenvalue weighted by molar-refractivity contribution is -0.538. The Morgan fingerprint density at radius 2 is 2.17 bits per heavy atom. The van der Waals surface area contributed by atoms with Crippen LogP contribution in [0.3, 0.4) is 0 Å². The Bertz CT molecular complexity index is 468. The van der Waals surface area contributed by atoms with Gasteiger partial charge < -0.3 is 9.84 Å². The third kappa shape index (κ3) is 2.46. The van der Waals surface area contributed by atoms with Crippen molar-refractivity contribution in [2.45, 2.75) is 24.7 Å². The molecule has 1 aliphatic heterocycles. The molecule has 2 rings (SSSR count). The van der Waals surface area contributed by atoms with Crippen molar-refractivity contribution in [1.29, 1.82) is 0 Å². The van der Waals surface area contributed by atoms with Gasteiger partial charge >= 0.3 is 0 Å². The number of hydrogen-bond acceptors (Lipinski definition) is 4. The summed E-state index contributed by atoms with van der Waals surface area (Å²) in [6.07, 6.45) is -1.26. The Hall–Kier alpha value is -1.60. The third-order valence-electron chi connectivity index (χ3n) is 3.01. The molecule has 0 aliphatic carbocycles. The van der Waals surface area contributed by atoms with Crippen molar-refractivity contribution in [2.24, 2.45) is 0 Å². The zero-order valence-electron chi connectivity index (χ0n) is 9.25. The molecule has 0 spiro atoms. The molecule has 1 fully saturated rings. The van der Waals surface area contributed by atoms with Crippen LogP contribution in [-0.2, 0) is 4.74 Å². The number of halogens is 2. The van der Waals surface area contributed by atoms with Gasteiger partial charge in [0.05, 0.1) is 5.92 Å². The molecule has 1 aromatic carbocycles. The highest BCUT2D eigenvalue weighted by Gasteiger charge is 2.40. The molecule has 3 atom stereocenters. The second kappa shape index (κ2) is 4.95. The van der Waals surface area contributed by atoms with Gasteiger partial charge in [-0.05, 0) is 11.6 Å². The number of nitrogens with zero attached hydrogens (tertiary/aromatic N) is 1. The normalized spacial score (nSPS) is 28.1. The van der Waals surface area contributed by atoms with Crippen molar-refractivity contribution in [3.8, 4) is 0 Å². The van der Waals surface area contributed by atoms with Crippen LogP contribution in [0.5, 0.6) is 0 Å². The summed E-state index contributed by atoms with van der Waals surface area (Å²) in [6.45, 7) is -0.296. The van der Waals surface area contributed by atoms with Crippen LogP contribution in [0, 0.1) is 21.7 Å². The second-order valence-electron chi connectivity index (χ2n) is 4.15. The molecule has 5 nitrogen and oxygen atoms in total. The summed E-state index contributed by atoms with van der Waals surface area (Å²) >= 11 is 0. The molecule has 0 radical (unpaired) electrons. The van der Waals surface area contributed by atoms with E-state index in [1.165, 1.54) is 6.07 Å². The highest BCUT2D eigenvalue weighted by molar-refractivity contribution is 5.24. The molecule has 7 heteroatoms. The fourth-order valence-electron chi connectivity index (χ4n) is 2.11. The van der Waals surface area contributed by atoms with Crippen molar-refractivity contribution < 1.29 is 23.5 Å². The standard InChI is InChI=1S/C11H11F2NO4/c12-6-1-2-7(9(13)3-6)8-4-11(15)18-5-10(8)14(16)17/h1-3,8,10-11,15H,4-5H2/t8-,10+,11-/m0/s1. The fourth-order valence-corrected chi connectivity index (χ4v) is 2.11. The van der Waals surface area contributed by atoms with Gasteiger partial charge in [0.2, 0.25) is 6.04 Å². The van der Waals surface area contributed by atoms with E-state index < -0.39 is 34.8 Å². The molecule has 0 aromatic heterocycles. The molecular formula is C11H11F2NO4. The lowest BCUT2D eigenvalue weighted by Crippen LogP contribution is -2.41. The Morgan fingerprint density at radius 3 is 2.78 bits per heavy atom. The van der Waals surface area contributed by atoms with E-state index >= 15 is 0 Å². The molecule has 1 aliphatic rings. The van der Waals surface area contributed by atoms with Crippen molar-refractivity contribution in [3.05, 3.63) is 45.5 Å². The Labute approximate surface area is 101 Å². The summed E-state index contributed by atoms with van der Waals surface area (Å²) in [5, 5.41) is 20.2. The van der Waals surface area contributed by atoms with Crippen LogP contribution in [0.1, 0.15) is 17.9 Å². The SMILES string of the molecule is O=[N+]([O-])[C@@H]1CO[C@H](O)C[C@H]1c1ccc(F)cc1F. The highest BCUT2D eigenvalue weighted by atomic mass is 19.1. The zero-order chi connectivity index (χ0) is 13.3. The minimum absolute atomic E-state index is 0.0282. The predicted molar refractivity (Wildman–Crippen MR) is 56.5 cm³/mol. The first-order valence-electron chi connectivity index (χ1n) is 5.37. The first kappa shape index (κ1) is 12.8. The number of benzene rings is 1. The second-order valence-corrected chi connectivity index (χ2v) is 4.15. The number of aliphatic hydroxyl groups is 1. The summed E-state index contributed by atoms with van der Waals surface area (Å²) in [6, 6.07) is 1.74. The maximum atomic E-state index is 13.6. The molecular weight excluding hydrogens is 248 g/mol. The number of aliphatic hydroxyl groups excluding tert-OH is 1. The van der Waals surface area contributed by atoms with E-state index in [0.717, 1.165) is 6.07 Å². The number of hydrogen-bond donors (Lipinski definition) is 1. The summed E-state index contributed by atoms with van der Waals surface area (Å²) in [7, 11) is 0. The van der Waals surface area contributed by atoms with Crippen molar-refractivity contribution in [1.82, 2.24) is 0 Å². The van der Waals surface area contributed by atoms with Gasteiger partial charge in [-0.2, -0.15) is 0 Å². The summed E-state index contributed by atoms with van der Waals surface area (Å²) in [4.78, 5) is 10.3. The van der Waals surface area contributed by atoms with Crippen LogP contribution < -0.4 is 0 Å². The van der Waals surface area contributed by atoms with Gasteiger partial charge in [-0.1, -0.05) is 6.07 Å². The van der Waals surface area contributed by atoms with Gasteiger partial charge in [0.1, 0.15) is 18.2 Å². The highest BCUT2D eigenvalue weighted by Crippen LogP contribution is 2.32. The van der Waals surface area contributed by atoms with Gasteiger partial charge in [0, 0.05) is 17.4 Å². The third-order valence-corrected chi connectivity index (χ3v) is 3.01. The molecule has 1 aromatic rings. The number of nitro groups is 1. The van der Waals surface area contributed by atoms with Crippen molar-refractivity contribution in [2.75, 3.05) is 6.61 Å². The van der Waals surface area contributed by atoms with Gasteiger partial charge in [-0.15, -0.1) is 0 Å². The molecule has 0 unspecified atom stereocenters. The van der Waals surface area contributed by atoms with Gasteiger partial charge in [-0.3, -0.25) is 10.1 Å². The average Bonchev–Trinajstić information content (AvgIpc) is 2.28. The van der Waals surface area contributed by atoms with Crippen LogP contribution >= 0.6 is 0 Å². The molecule has 1 heterocycles. The summed E-state index contributed by atoms with van der Waals surface area (Å²) in [5.74, 6) is -2.42. The molecule has 1 N–H and O–H groups in total. The number of rotatable bonds is 2. The van der Waals surface area contributed by atoms with E-state index in [0.29, 0.717) is 6.07 Å².